The minimum Gasteiger partial charge on any atom is -0.356 e. The number of halogens is 1. The fourth-order valence-electron chi connectivity index (χ4n) is 2.87. The molecule has 25 heavy (non-hydrogen) atoms. The summed E-state index contributed by atoms with van der Waals surface area (Å²) in [6.07, 6.45) is 1.40. The van der Waals surface area contributed by atoms with Crippen LogP contribution in [0.15, 0.2) is 48.5 Å². The van der Waals surface area contributed by atoms with Crippen molar-refractivity contribution in [2.24, 2.45) is 11.8 Å². The number of rotatable bonds is 6. The second-order valence-electron chi connectivity index (χ2n) is 6.42. The molecule has 2 aromatic carbocycles. The van der Waals surface area contributed by atoms with Crippen LogP contribution in [0.25, 0.3) is 0 Å². The van der Waals surface area contributed by atoms with Crippen molar-refractivity contribution < 1.29 is 9.59 Å². The number of benzene rings is 2. The number of hydrogen-bond donors (Lipinski definition) is 2. The van der Waals surface area contributed by atoms with Gasteiger partial charge in [-0.15, -0.1) is 0 Å². The van der Waals surface area contributed by atoms with Gasteiger partial charge in [0.1, 0.15) is 0 Å². The average Bonchev–Trinajstić information content (AvgIpc) is 3.39. The molecule has 0 bridgehead atoms. The first-order chi connectivity index (χ1) is 12.0. The van der Waals surface area contributed by atoms with Gasteiger partial charge in [-0.1, -0.05) is 41.9 Å². The number of aryl methyl sites for hydroxylation is 1. The van der Waals surface area contributed by atoms with Crippen molar-refractivity contribution >= 4 is 29.1 Å². The zero-order valence-electron chi connectivity index (χ0n) is 14.1. The van der Waals surface area contributed by atoms with Gasteiger partial charge in [0, 0.05) is 17.3 Å². The maximum atomic E-state index is 12.3. The molecule has 0 aromatic heterocycles. The largest absolute Gasteiger partial charge is 0.356 e. The second kappa shape index (κ2) is 7.70. The molecule has 2 amide bonds. The number of carbonyl (C=O) groups excluding carboxylic acids is 2. The van der Waals surface area contributed by atoms with Crippen LogP contribution in [0.1, 0.15) is 17.5 Å². The highest BCUT2D eigenvalue weighted by molar-refractivity contribution is 6.30. The first-order valence-electron chi connectivity index (χ1n) is 8.43. The molecule has 2 unspecified atom stereocenters. The van der Waals surface area contributed by atoms with E-state index in [-0.39, 0.29) is 23.7 Å². The van der Waals surface area contributed by atoms with E-state index in [1.807, 2.05) is 37.3 Å². The normalized spacial score (nSPS) is 18.5. The maximum absolute atomic E-state index is 12.3. The number of hydrogen-bond acceptors (Lipinski definition) is 2. The minimum absolute atomic E-state index is 0.0380. The van der Waals surface area contributed by atoms with Gasteiger partial charge in [0.15, 0.2) is 0 Å². The van der Waals surface area contributed by atoms with Crippen LogP contribution in [-0.2, 0) is 16.0 Å². The van der Waals surface area contributed by atoms with Gasteiger partial charge < -0.3 is 10.6 Å². The Bertz CT molecular complexity index is 777. The van der Waals surface area contributed by atoms with Crippen LogP contribution in [-0.4, -0.2) is 18.4 Å². The number of anilines is 1. The van der Waals surface area contributed by atoms with E-state index in [9.17, 15) is 9.59 Å². The van der Waals surface area contributed by atoms with Gasteiger partial charge in [-0.2, -0.15) is 0 Å². The Hall–Kier alpha value is -2.33. The molecule has 5 heteroatoms. The highest BCUT2D eigenvalue weighted by Gasteiger charge is 2.47. The van der Waals surface area contributed by atoms with Gasteiger partial charge in [-0.05, 0) is 49.1 Å². The van der Waals surface area contributed by atoms with E-state index in [0.717, 1.165) is 17.7 Å². The lowest BCUT2D eigenvalue weighted by molar-refractivity contribution is -0.125. The van der Waals surface area contributed by atoms with E-state index in [0.29, 0.717) is 18.0 Å². The first-order valence-corrected chi connectivity index (χ1v) is 8.81. The monoisotopic (exact) mass is 356 g/mol. The summed E-state index contributed by atoms with van der Waals surface area (Å²) >= 11 is 5.92. The van der Waals surface area contributed by atoms with Gasteiger partial charge in [-0.3, -0.25) is 9.59 Å². The van der Waals surface area contributed by atoms with Crippen molar-refractivity contribution in [1.29, 1.82) is 0 Å². The predicted octanol–water partition coefficient (Wildman–Crippen LogP) is 3.58. The molecule has 2 N–H and O–H groups in total. The van der Waals surface area contributed by atoms with Gasteiger partial charge in [-0.25, -0.2) is 0 Å². The molecule has 0 radical (unpaired) electrons. The molecule has 2 aromatic rings. The number of nitrogens with one attached hydrogen (secondary N) is 2. The third-order valence-electron chi connectivity index (χ3n) is 4.47. The van der Waals surface area contributed by atoms with E-state index in [4.69, 9.17) is 11.6 Å². The van der Waals surface area contributed by atoms with Crippen LogP contribution >= 0.6 is 11.6 Å². The molecule has 2 atom stereocenters. The molecule has 1 aliphatic carbocycles. The summed E-state index contributed by atoms with van der Waals surface area (Å²) in [6.45, 7) is 2.48. The third kappa shape index (κ3) is 4.60. The van der Waals surface area contributed by atoms with Gasteiger partial charge in [0.05, 0.1) is 11.8 Å². The molecule has 4 nitrogen and oxygen atoms in total. The topological polar surface area (TPSA) is 58.2 Å². The average molecular weight is 357 g/mol. The van der Waals surface area contributed by atoms with Crippen LogP contribution in [0.5, 0.6) is 0 Å². The lowest BCUT2D eigenvalue weighted by atomic mass is 10.1. The molecule has 0 heterocycles. The third-order valence-corrected chi connectivity index (χ3v) is 4.70. The fraction of sp³-hybridized carbons (Fsp3) is 0.300. The van der Waals surface area contributed by atoms with Crippen molar-refractivity contribution in [1.82, 2.24) is 5.32 Å². The van der Waals surface area contributed by atoms with Crippen molar-refractivity contribution in [2.45, 2.75) is 19.8 Å². The van der Waals surface area contributed by atoms with E-state index in [2.05, 4.69) is 10.6 Å². The molecule has 0 aliphatic heterocycles. The molecule has 1 aliphatic rings. The van der Waals surface area contributed by atoms with E-state index < -0.39 is 0 Å². The fourth-order valence-corrected chi connectivity index (χ4v) is 3.10. The summed E-state index contributed by atoms with van der Waals surface area (Å²) in [5, 5.41) is 6.45. The molecule has 1 saturated carbocycles. The second-order valence-corrected chi connectivity index (χ2v) is 6.86. The molecule has 130 valence electrons. The number of amides is 2. The van der Waals surface area contributed by atoms with Crippen LogP contribution in [0.2, 0.25) is 5.02 Å². The first kappa shape index (κ1) is 17.5. The lowest BCUT2D eigenvalue weighted by Gasteiger charge is -2.09. The quantitative estimate of drug-likeness (QED) is 0.831. The number of carbonyl (C=O) groups is 2. The van der Waals surface area contributed by atoms with Gasteiger partial charge in [0.2, 0.25) is 11.8 Å². The van der Waals surface area contributed by atoms with Crippen LogP contribution in [0.3, 0.4) is 0 Å². The lowest BCUT2D eigenvalue weighted by Crippen LogP contribution is -2.29. The summed E-state index contributed by atoms with van der Waals surface area (Å²) in [5.41, 5.74) is 2.83. The summed E-state index contributed by atoms with van der Waals surface area (Å²) in [7, 11) is 0. The van der Waals surface area contributed by atoms with Crippen molar-refractivity contribution in [3.05, 3.63) is 64.7 Å². The highest BCUT2D eigenvalue weighted by atomic mass is 35.5. The van der Waals surface area contributed by atoms with Crippen LogP contribution < -0.4 is 10.6 Å². The Morgan fingerprint density at radius 1 is 1.08 bits per heavy atom. The van der Waals surface area contributed by atoms with Gasteiger partial charge >= 0.3 is 0 Å². The molecular formula is C20H21ClN2O2. The Morgan fingerprint density at radius 2 is 1.80 bits per heavy atom. The smallest absolute Gasteiger partial charge is 0.228 e. The van der Waals surface area contributed by atoms with E-state index in [1.165, 1.54) is 5.56 Å². The predicted molar refractivity (Wildman–Crippen MR) is 99.6 cm³/mol. The molecule has 3 rings (SSSR count). The zero-order chi connectivity index (χ0) is 17.8. The summed E-state index contributed by atoms with van der Waals surface area (Å²) in [6, 6.07) is 15.3. The Morgan fingerprint density at radius 3 is 2.52 bits per heavy atom. The van der Waals surface area contributed by atoms with Crippen molar-refractivity contribution in [2.75, 3.05) is 11.9 Å². The minimum atomic E-state index is -0.244. The van der Waals surface area contributed by atoms with Crippen molar-refractivity contribution in [3.8, 4) is 0 Å². The van der Waals surface area contributed by atoms with E-state index >= 15 is 0 Å². The van der Waals surface area contributed by atoms with Crippen LogP contribution in [0, 0.1) is 18.8 Å². The maximum Gasteiger partial charge on any atom is 0.228 e. The Labute approximate surface area is 152 Å². The Balaban J connectivity index is 1.45. The summed E-state index contributed by atoms with van der Waals surface area (Å²) in [5.74, 6) is -0.604. The molecule has 0 spiro atoms. The summed E-state index contributed by atoms with van der Waals surface area (Å²) < 4.78 is 0. The molecule has 1 fully saturated rings. The molecular weight excluding hydrogens is 336 g/mol. The van der Waals surface area contributed by atoms with E-state index in [1.54, 1.807) is 18.2 Å². The SMILES string of the molecule is Cc1cc(Cl)ccc1NC(=O)C1CC1C(=O)NCCc1ccccc1. The Kier molecular flexibility index (Phi) is 5.39. The molecule has 0 saturated heterocycles. The van der Waals surface area contributed by atoms with Gasteiger partial charge in [0.25, 0.3) is 0 Å². The van der Waals surface area contributed by atoms with Crippen LogP contribution in [0.4, 0.5) is 5.69 Å². The van der Waals surface area contributed by atoms with Crippen molar-refractivity contribution in [3.63, 3.8) is 0 Å². The highest BCUT2D eigenvalue weighted by Crippen LogP contribution is 2.39. The summed E-state index contributed by atoms with van der Waals surface area (Å²) in [4.78, 5) is 24.5. The standard InChI is InChI=1S/C20H21ClN2O2/c1-13-11-15(21)7-8-18(13)23-20(25)17-12-16(17)19(24)22-10-9-14-5-3-2-4-6-14/h2-8,11,16-17H,9-10,12H2,1H3,(H,22,24)(H,23,25). The zero-order valence-corrected chi connectivity index (χ0v) is 14.8.